The molecule has 1 aromatic carbocycles. The van der Waals surface area contributed by atoms with Crippen molar-refractivity contribution in [1.29, 1.82) is 0 Å². The van der Waals surface area contributed by atoms with Gasteiger partial charge in [0.15, 0.2) is 0 Å². The van der Waals surface area contributed by atoms with E-state index < -0.39 is 0 Å². The number of nitrogens with zero attached hydrogens (tertiary/aromatic N) is 5. The Balaban J connectivity index is 1.49. The van der Waals surface area contributed by atoms with Gasteiger partial charge in [0.1, 0.15) is 0 Å². The minimum absolute atomic E-state index is 0.0883. The first-order valence-corrected chi connectivity index (χ1v) is 8.69. The highest BCUT2D eigenvalue weighted by Gasteiger charge is 2.38. The van der Waals surface area contributed by atoms with Crippen molar-refractivity contribution in [3.63, 3.8) is 0 Å². The largest absolute Gasteiger partial charge is 0.369 e. The van der Waals surface area contributed by atoms with Crippen LogP contribution in [-0.4, -0.2) is 43.5 Å². The number of para-hydroxylation sites is 1. The van der Waals surface area contributed by atoms with Gasteiger partial charge in [0, 0.05) is 50.6 Å². The van der Waals surface area contributed by atoms with E-state index in [0.717, 1.165) is 29.9 Å². The maximum absolute atomic E-state index is 11.9. The van der Waals surface area contributed by atoms with Crippen LogP contribution in [0.5, 0.6) is 0 Å². The van der Waals surface area contributed by atoms with E-state index in [2.05, 4.69) is 15.1 Å². The molecule has 26 heavy (non-hydrogen) atoms. The summed E-state index contributed by atoms with van der Waals surface area (Å²) in [5, 5.41) is 8.68. The van der Waals surface area contributed by atoms with Crippen LogP contribution in [0.3, 0.4) is 0 Å². The van der Waals surface area contributed by atoms with Gasteiger partial charge in [-0.05, 0) is 17.7 Å². The highest BCUT2D eigenvalue weighted by Crippen LogP contribution is 2.33. The Morgan fingerprint density at radius 2 is 1.96 bits per heavy atom. The molecule has 7 nitrogen and oxygen atoms in total. The second-order valence-electron chi connectivity index (χ2n) is 6.89. The van der Waals surface area contributed by atoms with Crippen LogP contribution in [0, 0.1) is 5.92 Å². The van der Waals surface area contributed by atoms with E-state index in [9.17, 15) is 4.79 Å². The van der Waals surface area contributed by atoms with Gasteiger partial charge >= 0.3 is 0 Å². The predicted octanol–water partition coefficient (Wildman–Crippen LogP) is 1.31. The Morgan fingerprint density at radius 1 is 1.15 bits per heavy atom. The van der Waals surface area contributed by atoms with Crippen LogP contribution in [0.15, 0.2) is 55.1 Å². The first-order valence-electron chi connectivity index (χ1n) is 8.69. The van der Waals surface area contributed by atoms with Crippen LogP contribution in [-0.2, 0) is 18.4 Å². The summed E-state index contributed by atoms with van der Waals surface area (Å²) >= 11 is 0. The van der Waals surface area contributed by atoms with Crippen molar-refractivity contribution in [1.82, 2.24) is 24.5 Å². The van der Waals surface area contributed by atoms with Crippen molar-refractivity contribution in [3.8, 4) is 5.69 Å². The van der Waals surface area contributed by atoms with E-state index >= 15 is 0 Å². The van der Waals surface area contributed by atoms with Crippen LogP contribution in [0.1, 0.15) is 17.0 Å². The fourth-order valence-corrected chi connectivity index (χ4v) is 3.69. The molecule has 7 heteroatoms. The van der Waals surface area contributed by atoms with Crippen molar-refractivity contribution >= 4 is 5.91 Å². The van der Waals surface area contributed by atoms with Crippen LogP contribution in [0.2, 0.25) is 0 Å². The SMILES string of the molecule is Cn1cc([C@H]2CN(Cc3cnn(-c4ccccc4)c3)C[C@@H]2C(N)=O)cn1. The molecular weight excluding hydrogens is 328 g/mol. The van der Waals surface area contributed by atoms with Gasteiger partial charge in [-0.1, -0.05) is 18.2 Å². The maximum atomic E-state index is 11.9. The number of amides is 1. The zero-order chi connectivity index (χ0) is 18.1. The van der Waals surface area contributed by atoms with Gasteiger partial charge in [-0.2, -0.15) is 10.2 Å². The first kappa shape index (κ1) is 16.5. The van der Waals surface area contributed by atoms with Crippen molar-refractivity contribution in [2.75, 3.05) is 13.1 Å². The molecule has 0 unspecified atom stereocenters. The third kappa shape index (κ3) is 3.25. The van der Waals surface area contributed by atoms with E-state index in [4.69, 9.17) is 5.73 Å². The molecule has 1 fully saturated rings. The summed E-state index contributed by atoms with van der Waals surface area (Å²) in [6.45, 7) is 2.19. The summed E-state index contributed by atoms with van der Waals surface area (Å²) in [5.74, 6) is -0.352. The average molecular weight is 350 g/mol. The summed E-state index contributed by atoms with van der Waals surface area (Å²) < 4.78 is 3.63. The number of rotatable bonds is 5. The van der Waals surface area contributed by atoms with E-state index in [0.29, 0.717) is 6.54 Å². The lowest BCUT2D eigenvalue weighted by Gasteiger charge is -2.14. The van der Waals surface area contributed by atoms with Crippen LogP contribution >= 0.6 is 0 Å². The number of primary amides is 1. The molecule has 0 aliphatic carbocycles. The third-order valence-corrected chi connectivity index (χ3v) is 4.98. The van der Waals surface area contributed by atoms with E-state index in [-0.39, 0.29) is 17.7 Å². The van der Waals surface area contributed by atoms with Crippen LogP contribution in [0.25, 0.3) is 5.69 Å². The Hall–Kier alpha value is -2.93. The number of aryl methyl sites for hydroxylation is 1. The molecular formula is C19H22N6O. The lowest BCUT2D eigenvalue weighted by atomic mass is 9.90. The summed E-state index contributed by atoms with van der Waals surface area (Å²) in [5.41, 5.74) is 8.87. The topological polar surface area (TPSA) is 82.0 Å². The molecule has 1 saturated heterocycles. The molecule has 0 spiro atoms. The Bertz CT molecular complexity index is 900. The van der Waals surface area contributed by atoms with Gasteiger partial charge in [0.2, 0.25) is 5.91 Å². The first-order chi connectivity index (χ1) is 12.6. The number of likely N-dealkylation sites (tertiary alicyclic amines) is 1. The number of carbonyl (C=O) groups is 1. The van der Waals surface area contributed by atoms with Gasteiger partial charge < -0.3 is 5.73 Å². The molecule has 2 aromatic heterocycles. The fraction of sp³-hybridized carbons (Fsp3) is 0.316. The Morgan fingerprint density at radius 3 is 2.65 bits per heavy atom. The molecule has 0 bridgehead atoms. The number of aromatic nitrogens is 4. The summed E-state index contributed by atoms with van der Waals surface area (Å²) in [7, 11) is 1.88. The lowest BCUT2D eigenvalue weighted by Crippen LogP contribution is -2.29. The molecule has 1 aliphatic rings. The highest BCUT2D eigenvalue weighted by atomic mass is 16.1. The molecule has 2 N–H and O–H groups in total. The van der Waals surface area contributed by atoms with Gasteiger partial charge in [-0.15, -0.1) is 0 Å². The lowest BCUT2D eigenvalue weighted by molar-refractivity contribution is -0.121. The molecule has 0 saturated carbocycles. The van der Waals surface area contributed by atoms with Gasteiger partial charge in [-0.25, -0.2) is 4.68 Å². The molecule has 2 atom stereocenters. The molecule has 134 valence electrons. The normalized spacial score (nSPS) is 20.5. The zero-order valence-electron chi connectivity index (χ0n) is 14.7. The molecule has 4 rings (SSSR count). The number of carbonyl (C=O) groups excluding carboxylic acids is 1. The van der Waals surface area contributed by atoms with Crippen molar-refractivity contribution in [3.05, 3.63) is 66.2 Å². The minimum atomic E-state index is -0.249. The van der Waals surface area contributed by atoms with Gasteiger partial charge in [-0.3, -0.25) is 14.4 Å². The maximum Gasteiger partial charge on any atom is 0.222 e. The van der Waals surface area contributed by atoms with Crippen molar-refractivity contribution < 1.29 is 4.79 Å². The molecule has 3 aromatic rings. The van der Waals surface area contributed by atoms with Crippen LogP contribution in [0.4, 0.5) is 0 Å². The quantitative estimate of drug-likeness (QED) is 0.752. The second kappa shape index (κ2) is 6.76. The second-order valence-corrected chi connectivity index (χ2v) is 6.89. The molecule has 0 radical (unpaired) electrons. The average Bonchev–Trinajstić information content (AvgIpc) is 3.35. The fourth-order valence-electron chi connectivity index (χ4n) is 3.69. The smallest absolute Gasteiger partial charge is 0.222 e. The standard InChI is InChI=1S/C19H22N6O/c1-23-11-15(8-21-23)17-12-24(13-18(17)19(20)26)9-14-7-22-25(10-14)16-5-3-2-4-6-16/h2-8,10-11,17-18H,9,12-13H2,1H3,(H2,20,26)/t17-,18+/m1/s1. The Labute approximate surface area is 152 Å². The monoisotopic (exact) mass is 350 g/mol. The van der Waals surface area contributed by atoms with E-state index in [1.54, 1.807) is 4.68 Å². The number of hydrogen-bond acceptors (Lipinski definition) is 4. The summed E-state index contributed by atoms with van der Waals surface area (Å²) in [6, 6.07) is 10.0. The molecule has 3 heterocycles. The van der Waals surface area contributed by atoms with Gasteiger partial charge in [0.25, 0.3) is 0 Å². The van der Waals surface area contributed by atoms with E-state index in [1.165, 1.54) is 0 Å². The third-order valence-electron chi connectivity index (χ3n) is 4.98. The van der Waals surface area contributed by atoms with Crippen molar-refractivity contribution in [2.45, 2.75) is 12.5 Å². The number of nitrogens with two attached hydrogens (primary N) is 1. The van der Waals surface area contributed by atoms with Crippen molar-refractivity contribution in [2.24, 2.45) is 18.7 Å². The van der Waals surface area contributed by atoms with E-state index in [1.807, 2.05) is 66.8 Å². The van der Waals surface area contributed by atoms with Gasteiger partial charge in [0.05, 0.1) is 24.0 Å². The van der Waals surface area contributed by atoms with Crippen LogP contribution < -0.4 is 5.73 Å². The summed E-state index contributed by atoms with van der Waals surface area (Å²) in [4.78, 5) is 14.2. The zero-order valence-corrected chi connectivity index (χ0v) is 14.7. The number of benzene rings is 1. The predicted molar refractivity (Wildman–Crippen MR) is 97.5 cm³/mol. The number of hydrogen-bond donors (Lipinski definition) is 1. The Kier molecular flexibility index (Phi) is 4.30. The highest BCUT2D eigenvalue weighted by molar-refractivity contribution is 5.78. The summed E-state index contributed by atoms with van der Waals surface area (Å²) in [6.07, 6.45) is 7.71. The molecule has 1 aliphatic heterocycles. The molecule has 1 amide bonds. The minimum Gasteiger partial charge on any atom is -0.369 e.